The third kappa shape index (κ3) is 5.18. The van der Waals surface area contributed by atoms with E-state index >= 15 is 0 Å². The predicted molar refractivity (Wildman–Crippen MR) is 152 cm³/mol. The van der Waals surface area contributed by atoms with Crippen LogP contribution in [0.5, 0.6) is 0 Å². The molecule has 37 heavy (non-hydrogen) atoms. The average molecular weight is 510 g/mol. The number of carboxylic acids is 1. The number of hydrogen-bond donors (Lipinski definition) is 1. The maximum Gasteiger partial charge on any atom is 0.350 e. The van der Waals surface area contributed by atoms with Crippen LogP contribution in [0.1, 0.15) is 60.2 Å². The van der Waals surface area contributed by atoms with Gasteiger partial charge in [0.15, 0.2) is 5.78 Å². The number of thiophene rings is 1. The number of ketones is 1. The van der Waals surface area contributed by atoms with Gasteiger partial charge in [-0.3, -0.25) is 9.79 Å². The summed E-state index contributed by atoms with van der Waals surface area (Å²) in [6.45, 7) is 9.79. The van der Waals surface area contributed by atoms with E-state index in [1.807, 2.05) is 35.7 Å². The number of aliphatic carboxylic acids is 1. The summed E-state index contributed by atoms with van der Waals surface area (Å²) in [5, 5.41) is 13.9. The van der Waals surface area contributed by atoms with E-state index < -0.39 is 16.9 Å². The number of carboxylic acid groups (broad SMARTS) is 1. The lowest BCUT2D eigenvalue weighted by Gasteiger charge is -2.38. The molecular formula is C32H31NO3S. The van der Waals surface area contributed by atoms with Gasteiger partial charge in [0, 0.05) is 17.6 Å². The van der Waals surface area contributed by atoms with E-state index in [1.54, 1.807) is 30.4 Å². The summed E-state index contributed by atoms with van der Waals surface area (Å²) in [6.07, 6.45) is 7.52. The summed E-state index contributed by atoms with van der Waals surface area (Å²) in [5.41, 5.74) is 2.36. The predicted octanol–water partition coefficient (Wildman–Crippen LogP) is 7.40. The Morgan fingerprint density at radius 3 is 2.30 bits per heavy atom. The van der Waals surface area contributed by atoms with Crippen LogP contribution in [0.2, 0.25) is 0 Å². The summed E-state index contributed by atoms with van der Waals surface area (Å²) in [6, 6.07) is 19.6. The van der Waals surface area contributed by atoms with E-state index in [1.165, 1.54) is 11.6 Å². The largest absolute Gasteiger partial charge is 0.477 e. The molecule has 0 amide bonds. The Hall–Kier alpha value is -3.83. The Balaban J connectivity index is 1.98. The maximum absolute atomic E-state index is 14.0. The van der Waals surface area contributed by atoms with Crippen molar-refractivity contribution in [1.82, 2.24) is 0 Å². The summed E-state index contributed by atoms with van der Waals surface area (Å²) < 4.78 is 0. The van der Waals surface area contributed by atoms with Crippen molar-refractivity contribution >= 4 is 28.8 Å². The van der Waals surface area contributed by atoms with E-state index in [4.69, 9.17) is 0 Å². The minimum absolute atomic E-state index is 0.0433. The van der Waals surface area contributed by atoms with Crippen molar-refractivity contribution in [3.8, 4) is 0 Å². The number of carbonyl (C=O) groups is 2. The lowest BCUT2D eigenvalue weighted by molar-refractivity contribution is -0.129. The molecule has 5 heteroatoms. The third-order valence-corrected chi connectivity index (χ3v) is 7.56. The zero-order valence-electron chi connectivity index (χ0n) is 21.3. The molecule has 1 aliphatic rings. The Bertz CT molecular complexity index is 1380. The van der Waals surface area contributed by atoms with E-state index in [0.717, 1.165) is 11.1 Å². The molecule has 2 aromatic carbocycles. The third-order valence-electron chi connectivity index (χ3n) is 6.87. The first kappa shape index (κ1) is 26.2. The second kappa shape index (κ2) is 10.7. The van der Waals surface area contributed by atoms with Gasteiger partial charge in [-0.2, -0.15) is 11.3 Å². The van der Waals surface area contributed by atoms with E-state index in [9.17, 15) is 14.7 Å². The molecule has 0 radical (unpaired) electrons. The van der Waals surface area contributed by atoms with Gasteiger partial charge in [0.1, 0.15) is 11.3 Å². The van der Waals surface area contributed by atoms with E-state index in [2.05, 4.69) is 67.2 Å². The van der Waals surface area contributed by atoms with Crippen molar-refractivity contribution in [2.75, 3.05) is 0 Å². The topological polar surface area (TPSA) is 66.7 Å². The van der Waals surface area contributed by atoms with Crippen LogP contribution in [0.15, 0.2) is 113 Å². The Labute approximate surface area is 222 Å². The highest BCUT2D eigenvalue weighted by Crippen LogP contribution is 2.45. The van der Waals surface area contributed by atoms with Crippen LogP contribution in [0.25, 0.3) is 0 Å². The second-order valence-electron chi connectivity index (χ2n) is 9.75. The summed E-state index contributed by atoms with van der Waals surface area (Å²) >= 11 is 1.60. The fourth-order valence-electron chi connectivity index (χ4n) is 4.71. The first-order valence-corrected chi connectivity index (χ1v) is 13.2. The van der Waals surface area contributed by atoms with Crippen LogP contribution in [-0.4, -0.2) is 28.1 Å². The molecular weight excluding hydrogens is 478 g/mol. The summed E-state index contributed by atoms with van der Waals surface area (Å²) in [5.74, 6) is -0.909. The highest BCUT2D eigenvalue weighted by Gasteiger charge is 2.42. The number of rotatable bonds is 9. The van der Waals surface area contributed by atoms with Crippen LogP contribution < -0.4 is 0 Å². The minimum Gasteiger partial charge on any atom is -0.477 e. The van der Waals surface area contributed by atoms with Crippen molar-refractivity contribution in [3.05, 3.63) is 130 Å². The zero-order valence-corrected chi connectivity index (χ0v) is 22.2. The van der Waals surface area contributed by atoms with Crippen molar-refractivity contribution in [2.45, 2.75) is 44.1 Å². The molecule has 4 rings (SSSR count). The summed E-state index contributed by atoms with van der Waals surface area (Å²) in [7, 11) is 0. The van der Waals surface area contributed by atoms with Crippen LogP contribution in [0, 0.1) is 0 Å². The maximum atomic E-state index is 14.0. The van der Waals surface area contributed by atoms with E-state index in [0.29, 0.717) is 17.1 Å². The molecule has 0 saturated carbocycles. The first-order valence-electron chi connectivity index (χ1n) is 12.3. The second-order valence-corrected chi connectivity index (χ2v) is 10.5. The zero-order chi connectivity index (χ0) is 26.6. The van der Waals surface area contributed by atoms with Gasteiger partial charge in [0.05, 0.1) is 5.41 Å². The molecule has 188 valence electrons. The number of hydrogen-bond acceptors (Lipinski definition) is 4. The Kier molecular flexibility index (Phi) is 7.55. The summed E-state index contributed by atoms with van der Waals surface area (Å²) in [4.78, 5) is 30.6. The molecule has 3 aromatic rings. The molecule has 1 aromatic heterocycles. The lowest BCUT2D eigenvalue weighted by atomic mass is 9.67. The van der Waals surface area contributed by atoms with Gasteiger partial charge < -0.3 is 5.11 Å². The van der Waals surface area contributed by atoms with Gasteiger partial charge in [-0.1, -0.05) is 92.7 Å². The van der Waals surface area contributed by atoms with Crippen LogP contribution in [0.4, 0.5) is 0 Å². The molecule has 4 nitrogen and oxygen atoms in total. The number of benzene rings is 2. The van der Waals surface area contributed by atoms with Crippen molar-refractivity contribution in [2.24, 2.45) is 4.99 Å². The van der Waals surface area contributed by atoms with E-state index in [-0.39, 0.29) is 17.9 Å². The van der Waals surface area contributed by atoms with Gasteiger partial charge in [0.2, 0.25) is 0 Å². The van der Waals surface area contributed by atoms with Gasteiger partial charge in [-0.05, 0) is 46.4 Å². The fourth-order valence-corrected chi connectivity index (χ4v) is 5.43. The number of aliphatic imine (C=N–C) groups is 1. The first-order chi connectivity index (χ1) is 17.7. The normalized spacial score (nSPS) is 21.5. The Morgan fingerprint density at radius 2 is 1.73 bits per heavy atom. The van der Waals surface area contributed by atoms with Crippen molar-refractivity contribution < 1.29 is 14.7 Å². The number of nitrogens with zero attached hydrogens (tertiary/aromatic N) is 1. The SMILES string of the molecule is C=CCC(=NC1(C)C=CC(c2ccc(C(C)C)cc2)(c2ccsc2)C=C1C(=O)c1ccccc1)C(=O)O. The lowest BCUT2D eigenvalue weighted by Crippen LogP contribution is -2.38. The standard InChI is InChI=1S/C32H31NO3S/c1-5-9-28(30(35)36)33-31(4)17-18-32(26-16-19-37-21-26,25-14-12-23(13-15-25)22(2)3)20-27(31)29(34)24-10-7-6-8-11-24/h5-8,10-22H,1,9H2,2-4H3,(H,35,36). The Morgan fingerprint density at radius 1 is 1.03 bits per heavy atom. The van der Waals surface area contributed by atoms with Gasteiger partial charge in [-0.15, -0.1) is 6.58 Å². The van der Waals surface area contributed by atoms with Gasteiger partial charge in [0.25, 0.3) is 0 Å². The average Bonchev–Trinajstić information content (AvgIpc) is 3.45. The molecule has 0 aliphatic heterocycles. The molecule has 0 spiro atoms. The molecule has 1 heterocycles. The van der Waals surface area contributed by atoms with Crippen LogP contribution in [-0.2, 0) is 10.2 Å². The molecule has 0 bridgehead atoms. The smallest absolute Gasteiger partial charge is 0.350 e. The highest BCUT2D eigenvalue weighted by atomic mass is 32.1. The molecule has 1 aliphatic carbocycles. The quantitative estimate of drug-likeness (QED) is 0.186. The van der Waals surface area contributed by atoms with Crippen molar-refractivity contribution in [1.29, 1.82) is 0 Å². The number of carbonyl (C=O) groups excluding carboxylic acids is 1. The number of Topliss-reactive ketones (excluding diaryl/α,β-unsaturated/α-hetero) is 1. The highest BCUT2D eigenvalue weighted by molar-refractivity contribution is 7.08. The van der Waals surface area contributed by atoms with Crippen LogP contribution >= 0.6 is 11.3 Å². The number of allylic oxidation sites excluding steroid dienone is 3. The molecule has 1 N–H and O–H groups in total. The molecule has 2 unspecified atom stereocenters. The minimum atomic E-state index is -1.17. The van der Waals surface area contributed by atoms with Gasteiger partial charge in [-0.25, -0.2) is 4.79 Å². The molecule has 0 fully saturated rings. The van der Waals surface area contributed by atoms with Crippen LogP contribution in [0.3, 0.4) is 0 Å². The molecule has 0 saturated heterocycles. The van der Waals surface area contributed by atoms with Crippen molar-refractivity contribution in [3.63, 3.8) is 0 Å². The van der Waals surface area contributed by atoms with Gasteiger partial charge >= 0.3 is 5.97 Å². The fraction of sp³-hybridized carbons (Fsp3) is 0.219. The monoisotopic (exact) mass is 509 g/mol. The molecule has 2 atom stereocenters.